The van der Waals surface area contributed by atoms with Crippen molar-refractivity contribution in [3.8, 4) is 11.4 Å². The van der Waals surface area contributed by atoms with Gasteiger partial charge < -0.3 is 10.3 Å². The maximum atomic E-state index is 4.38. The second-order valence-corrected chi connectivity index (χ2v) is 4.66. The molecule has 2 rings (SSSR count). The van der Waals surface area contributed by atoms with E-state index < -0.39 is 0 Å². The minimum absolute atomic E-state index is 0.808. The molecule has 0 fully saturated rings. The van der Waals surface area contributed by atoms with Crippen LogP contribution in [0, 0.1) is 6.92 Å². The number of hydrogen-bond donors (Lipinski definition) is 2. The molecule has 0 aliphatic heterocycles. The van der Waals surface area contributed by atoms with Crippen LogP contribution in [0.4, 0.5) is 0 Å². The van der Waals surface area contributed by atoms with Crippen molar-refractivity contribution in [3.05, 3.63) is 40.1 Å². The molecular weight excluding hydrogens is 266 g/mol. The van der Waals surface area contributed by atoms with Gasteiger partial charge in [-0.25, -0.2) is 4.98 Å². The highest BCUT2D eigenvalue weighted by atomic mass is 79.9. The lowest BCUT2D eigenvalue weighted by molar-refractivity contribution is 0.797. The first-order valence-electron chi connectivity index (χ1n) is 5.15. The molecule has 0 amide bonds. The second kappa shape index (κ2) is 4.80. The molecule has 0 unspecified atom stereocenters. The Balaban J connectivity index is 2.35. The van der Waals surface area contributed by atoms with Gasteiger partial charge >= 0.3 is 0 Å². The molecule has 0 saturated heterocycles. The number of halogens is 1. The van der Waals surface area contributed by atoms with Crippen LogP contribution in [0.1, 0.15) is 11.3 Å². The van der Waals surface area contributed by atoms with Gasteiger partial charge in [-0.05, 0) is 37.7 Å². The Morgan fingerprint density at radius 3 is 2.94 bits per heavy atom. The van der Waals surface area contributed by atoms with Crippen LogP contribution in [0.3, 0.4) is 0 Å². The molecule has 1 aromatic heterocycles. The fraction of sp³-hybridized carbons (Fsp3) is 0.250. The van der Waals surface area contributed by atoms with Gasteiger partial charge in [-0.3, -0.25) is 0 Å². The Kier molecular flexibility index (Phi) is 3.41. The van der Waals surface area contributed by atoms with Crippen LogP contribution < -0.4 is 5.32 Å². The normalized spacial score (nSPS) is 10.7. The van der Waals surface area contributed by atoms with Crippen molar-refractivity contribution in [1.82, 2.24) is 15.3 Å². The zero-order valence-corrected chi connectivity index (χ0v) is 10.9. The lowest BCUT2D eigenvalue weighted by Crippen LogP contribution is -2.04. The Labute approximate surface area is 103 Å². The van der Waals surface area contributed by atoms with Crippen molar-refractivity contribution >= 4 is 15.9 Å². The third kappa shape index (κ3) is 2.33. The van der Waals surface area contributed by atoms with Gasteiger partial charge in [-0.2, -0.15) is 0 Å². The summed E-state index contributed by atoms with van der Waals surface area (Å²) in [5.74, 6) is 0.926. The summed E-state index contributed by atoms with van der Waals surface area (Å²) >= 11 is 3.46. The molecular formula is C12H14BrN3. The molecule has 2 N–H and O–H groups in total. The number of imidazole rings is 1. The molecule has 0 aliphatic carbocycles. The van der Waals surface area contributed by atoms with E-state index >= 15 is 0 Å². The number of aromatic amines is 1. The van der Waals surface area contributed by atoms with Gasteiger partial charge in [0.1, 0.15) is 5.82 Å². The molecule has 1 heterocycles. The van der Waals surface area contributed by atoms with E-state index in [1.165, 1.54) is 5.56 Å². The summed E-state index contributed by atoms with van der Waals surface area (Å²) in [6, 6.07) is 6.19. The highest BCUT2D eigenvalue weighted by Gasteiger charge is 2.06. The van der Waals surface area contributed by atoms with Crippen LogP contribution >= 0.6 is 15.9 Å². The molecule has 0 saturated carbocycles. The molecule has 2 aromatic rings. The Morgan fingerprint density at radius 1 is 1.44 bits per heavy atom. The highest BCUT2D eigenvalue weighted by molar-refractivity contribution is 9.10. The molecule has 0 spiro atoms. The van der Waals surface area contributed by atoms with Crippen LogP contribution in [0.2, 0.25) is 0 Å². The Morgan fingerprint density at radius 2 is 2.25 bits per heavy atom. The van der Waals surface area contributed by atoms with E-state index in [4.69, 9.17) is 0 Å². The highest BCUT2D eigenvalue weighted by Crippen LogP contribution is 2.23. The van der Waals surface area contributed by atoms with E-state index in [0.29, 0.717) is 0 Å². The molecule has 84 valence electrons. The number of aromatic nitrogens is 2. The molecule has 3 nitrogen and oxygen atoms in total. The molecule has 16 heavy (non-hydrogen) atoms. The lowest BCUT2D eigenvalue weighted by atomic mass is 10.1. The third-order valence-electron chi connectivity index (χ3n) is 2.44. The summed E-state index contributed by atoms with van der Waals surface area (Å²) in [7, 11) is 1.92. The number of aryl methyl sites for hydroxylation is 1. The van der Waals surface area contributed by atoms with Crippen LogP contribution in [-0.4, -0.2) is 17.0 Å². The summed E-state index contributed by atoms with van der Waals surface area (Å²) in [5.41, 5.74) is 3.45. The fourth-order valence-corrected chi connectivity index (χ4v) is 2.14. The summed E-state index contributed by atoms with van der Waals surface area (Å²) in [4.78, 5) is 7.69. The van der Waals surface area contributed by atoms with E-state index in [2.05, 4.69) is 50.3 Å². The smallest absolute Gasteiger partial charge is 0.137 e. The minimum Gasteiger partial charge on any atom is -0.341 e. The van der Waals surface area contributed by atoms with Crippen LogP contribution in [0.25, 0.3) is 11.4 Å². The van der Waals surface area contributed by atoms with Gasteiger partial charge in [0, 0.05) is 28.5 Å². The number of H-pyrrole nitrogens is 1. The van der Waals surface area contributed by atoms with E-state index in [1.54, 1.807) is 0 Å². The van der Waals surface area contributed by atoms with Gasteiger partial charge in [-0.1, -0.05) is 15.9 Å². The first kappa shape index (κ1) is 11.4. The maximum absolute atomic E-state index is 4.38. The van der Waals surface area contributed by atoms with Crippen LogP contribution in [0.5, 0.6) is 0 Å². The van der Waals surface area contributed by atoms with Crippen molar-refractivity contribution in [1.29, 1.82) is 0 Å². The van der Waals surface area contributed by atoms with Crippen molar-refractivity contribution in [2.45, 2.75) is 13.5 Å². The Hall–Kier alpha value is -1.13. The third-order valence-corrected chi connectivity index (χ3v) is 2.93. The largest absolute Gasteiger partial charge is 0.341 e. The number of nitrogens with zero attached hydrogens (tertiary/aromatic N) is 1. The summed E-state index contributed by atoms with van der Waals surface area (Å²) < 4.78 is 1.09. The monoisotopic (exact) mass is 279 g/mol. The topological polar surface area (TPSA) is 40.7 Å². The number of hydrogen-bond acceptors (Lipinski definition) is 2. The summed E-state index contributed by atoms with van der Waals surface area (Å²) in [6.45, 7) is 2.89. The molecule has 1 aromatic carbocycles. The van der Waals surface area contributed by atoms with Gasteiger partial charge in [0.15, 0.2) is 0 Å². The molecule has 4 heteroatoms. The SMILES string of the molecule is CNCc1cnc(-c2ccc(Br)cc2C)[nH]1. The van der Waals surface area contributed by atoms with Crippen LogP contribution in [-0.2, 0) is 6.54 Å². The molecule has 0 bridgehead atoms. The molecule has 0 radical (unpaired) electrons. The number of rotatable bonds is 3. The Bertz CT molecular complexity index is 491. The zero-order valence-electron chi connectivity index (χ0n) is 9.34. The van der Waals surface area contributed by atoms with E-state index in [1.807, 2.05) is 19.3 Å². The number of nitrogens with one attached hydrogen (secondary N) is 2. The van der Waals surface area contributed by atoms with E-state index in [-0.39, 0.29) is 0 Å². The van der Waals surface area contributed by atoms with Gasteiger partial charge in [-0.15, -0.1) is 0 Å². The first-order valence-corrected chi connectivity index (χ1v) is 5.95. The van der Waals surface area contributed by atoms with Gasteiger partial charge in [0.2, 0.25) is 0 Å². The van der Waals surface area contributed by atoms with Crippen molar-refractivity contribution in [2.75, 3.05) is 7.05 Å². The first-order chi connectivity index (χ1) is 7.70. The maximum Gasteiger partial charge on any atom is 0.137 e. The molecule has 0 atom stereocenters. The van der Waals surface area contributed by atoms with Crippen molar-refractivity contribution < 1.29 is 0 Å². The predicted octanol–water partition coefficient (Wildman–Crippen LogP) is 2.87. The second-order valence-electron chi connectivity index (χ2n) is 3.75. The predicted molar refractivity (Wildman–Crippen MR) is 69.2 cm³/mol. The number of benzene rings is 1. The van der Waals surface area contributed by atoms with Crippen molar-refractivity contribution in [2.24, 2.45) is 0 Å². The lowest BCUT2D eigenvalue weighted by Gasteiger charge is -2.03. The summed E-state index contributed by atoms with van der Waals surface area (Å²) in [5, 5.41) is 3.09. The minimum atomic E-state index is 0.808. The van der Waals surface area contributed by atoms with Gasteiger partial charge in [0.05, 0.1) is 0 Å². The average Bonchev–Trinajstić information content (AvgIpc) is 2.67. The van der Waals surface area contributed by atoms with E-state index in [0.717, 1.165) is 28.1 Å². The molecule has 0 aliphatic rings. The zero-order chi connectivity index (χ0) is 11.5. The van der Waals surface area contributed by atoms with Crippen LogP contribution in [0.15, 0.2) is 28.9 Å². The quantitative estimate of drug-likeness (QED) is 0.907. The van der Waals surface area contributed by atoms with E-state index in [9.17, 15) is 0 Å². The standard InChI is InChI=1S/C12H14BrN3/c1-8-5-9(13)3-4-11(8)12-15-7-10(16-12)6-14-2/h3-5,7,14H,6H2,1-2H3,(H,15,16). The fourth-order valence-electron chi connectivity index (χ4n) is 1.67. The average molecular weight is 280 g/mol. The van der Waals surface area contributed by atoms with Gasteiger partial charge in [0.25, 0.3) is 0 Å². The van der Waals surface area contributed by atoms with Crippen molar-refractivity contribution in [3.63, 3.8) is 0 Å². The summed E-state index contributed by atoms with van der Waals surface area (Å²) in [6.07, 6.45) is 1.87.